The second-order valence-corrected chi connectivity index (χ2v) is 14.3. The number of carbonyl (C=O) groups is 1. The highest BCUT2D eigenvalue weighted by Crippen LogP contribution is 2.68. The highest BCUT2D eigenvalue weighted by Gasteiger charge is 2.60. The fourth-order valence-corrected chi connectivity index (χ4v) is 10.1. The zero-order valence-corrected chi connectivity index (χ0v) is 23.7. The molecular weight excluding hydrogens is 414 g/mol. The van der Waals surface area contributed by atoms with Crippen LogP contribution in [-0.4, -0.2) is 23.9 Å². The lowest BCUT2D eigenvalue weighted by molar-refractivity contribution is -0.138. The van der Waals surface area contributed by atoms with Crippen LogP contribution in [0.4, 0.5) is 0 Å². The van der Waals surface area contributed by atoms with Gasteiger partial charge in [0, 0.05) is 18.7 Å². The first-order chi connectivity index (χ1) is 16.0. The first kappa shape index (κ1) is 26.3. The van der Waals surface area contributed by atoms with Crippen LogP contribution in [0, 0.1) is 52.3 Å². The molecule has 4 fully saturated rings. The predicted octanol–water partition coefficient (Wildman–Crippen LogP) is 8.51. The molecule has 0 radical (unpaired) electrons. The van der Waals surface area contributed by atoms with Gasteiger partial charge >= 0.3 is 0 Å². The number of fused-ring (bicyclic) bond motifs is 5. The number of rotatable bonds is 7. The molecule has 0 aliphatic heterocycles. The van der Waals surface area contributed by atoms with Crippen LogP contribution in [-0.2, 0) is 4.79 Å². The molecule has 0 bridgehead atoms. The quantitative estimate of drug-likeness (QED) is 0.342. The monoisotopic (exact) mass is 469 g/mol. The van der Waals surface area contributed by atoms with Crippen molar-refractivity contribution in [3.05, 3.63) is 12.2 Å². The van der Waals surface area contributed by atoms with Crippen molar-refractivity contribution in [2.24, 2.45) is 52.3 Å². The number of nitrogens with zero attached hydrogens (tertiary/aromatic N) is 1. The van der Waals surface area contributed by atoms with Crippen molar-refractivity contribution < 1.29 is 4.79 Å². The fourth-order valence-electron chi connectivity index (χ4n) is 10.1. The van der Waals surface area contributed by atoms with Gasteiger partial charge in [-0.05, 0) is 117 Å². The summed E-state index contributed by atoms with van der Waals surface area (Å²) in [6.07, 6.45) is 16.7. The Morgan fingerprint density at radius 1 is 0.941 bits per heavy atom. The maximum Gasteiger partial charge on any atom is 0.248 e. The minimum Gasteiger partial charge on any atom is -0.339 e. The molecule has 0 N–H and O–H groups in total. The Balaban J connectivity index is 1.43. The number of hydrogen-bond donors (Lipinski definition) is 0. The third kappa shape index (κ3) is 4.54. The summed E-state index contributed by atoms with van der Waals surface area (Å²) >= 11 is 0. The van der Waals surface area contributed by atoms with E-state index in [0.717, 1.165) is 41.4 Å². The standard InChI is InChI=1S/C32H55NO/c1-21(2)10-9-11-23(5)27-14-15-28-26-13-12-24-20-25(33(8)30(34)22(3)4)16-18-31(24,6)29(26)17-19-32(27,28)7/h21,23-29H,3,9-20H2,1-2,4-8H3/t23-,24+,25+,26+,27-,28+,29+,31+,32-/m1/s1. The molecule has 0 saturated heterocycles. The van der Waals surface area contributed by atoms with E-state index in [-0.39, 0.29) is 5.91 Å². The molecule has 1 amide bonds. The highest BCUT2D eigenvalue weighted by atomic mass is 16.2. The van der Waals surface area contributed by atoms with Crippen LogP contribution in [0.2, 0.25) is 0 Å². The molecule has 0 unspecified atom stereocenters. The largest absolute Gasteiger partial charge is 0.339 e. The minimum absolute atomic E-state index is 0.148. The van der Waals surface area contributed by atoms with Gasteiger partial charge < -0.3 is 4.90 Å². The lowest BCUT2D eigenvalue weighted by Crippen LogP contribution is -2.55. The summed E-state index contributed by atoms with van der Waals surface area (Å²) < 4.78 is 0. The van der Waals surface area contributed by atoms with E-state index in [1.54, 1.807) is 0 Å². The second kappa shape index (κ2) is 9.93. The topological polar surface area (TPSA) is 20.3 Å². The Morgan fingerprint density at radius 3 is 2.29 bits per heavy atom. The molecule has 0 aromatic carbocycles. The molecule has 2 heteroatoms. The van der Waals surface area contributed by atoms with E-state index in [4.69, 9.17) is 0 Å². The van der Waals surface area contributed by atoms with Gasteiger partial charge in [0.2, 0.25) is 5.91 Å². The molecule has 0 spiro atoms. The molecule has 9 atom stereocenters. The van der Waals surface area contributed by atoms with E-state index in [9.17, 15) is 4.79 Å². The molecule has 194 valence electrons. The van der Waals surface area contributed by atoms with Gasteiger partial charge in [0.1, 0.15) is 0 Å². The number of amides is 1. The van der Waals surface area contributed by atoms with E-state index >= 15 is 0 Å². The summed E-state index contributed by atoms with van der Waals surface area (Å²) in [5.41, 5.74) is 1.77. The number of likely N-dealkylation sites (N-methyl/N-ethyl adjacent to an activating group) is 1. The Morgan fingerprint density at radius 2 is 1.62 bits per heavy atom. The highest BCUT2D eigenvalue weighted by molar-refractivity contribution is 5.92. The summed E-state index contributed by atoms with van der Waals surface area (Å²) in [6.45, 7) is 18.5. The van der Waals surface area contributed by atoms with Crippen LogP contribution >= 0.6 is 0 Å². The first-order valence-electron chi connectivity index (χ1n) is 14.9. The predicted molar refractivity (Wildman–Crippen MR) is 144 cm³/mol. The SMILES string of the molecule is C=C(C)C(=O)N(C)[C@H]1CC[C@@]2(C)[C@@H](CC[C@@H]3[C@@H]2CC[C@]2(C)[C@@H]([C@H](C)CCCC(C)C)CC[C@@H]32)C1. The molecule has 4 rings (SSSR count). The van der Waals surface area contributed by atoms with Crippen LogP contribution in [0.1, 0.15) is 119 Å². The fraction of sp³-hybridized carbons (Fsp3) is 0.906. The van der Waals surface area contributed by atoms with Gasteiger partial charge in [-0.3, -0.25) is 4.79 Å². The van der Waals surface area contributed by atoms with Crippen molar-refractivity contribution in [1.29, 1.82) is 0 Å². The number of carbonyl (C=O) groups excluding carboxylic acids is 1. The summed E-state index contributed by atoms with van der Waals surface area (Å²) in [7, 11) is 2.02. The van der Waals surface area contributed by atoms with Crippen molar-refractivity contribution in [1.82, 2.24) is 4.90 Å². The van der Waals surface area contributed by atoms with E-state index in [0.29, 0.717) is 22.4 Å². The van der Waals surface area contributed by atoms with E-state index in [2.05, 4.69) is 41.2 Å². The van der Waals surface area contributed by atoms with Crippen molar-refractivity contribution in [2.45, 2.75) is 125 Å². The molecule has 0 aromatic rings. The van der Waals surface area contributed by atoms with Gasteiger partial charge in [0.15, 0.2) is 0 Å². The molecule has 34 heavy (non-hydrogen) atoms. The normalized spacial score (nSPS) is 42.5. The lowest BCUT2D eigenvalue weighted by Gasteiger charge is -2.62. The smallest absolute Gasteiger partial charge is 0.248 e. The number of hydrogen-bond acceptors (Lipinski definition) is 1. The van der Waals surface area contributed by atoms with Crippen molar-refractivity contribution in [3.63, 3.8) is 0 Å². The molecule has 2 nitrogen and oxygen atoms in total. The van der Waals surface area contributed by atoms with Crippen LogP contribution < -0.4 is 0 Å². The Bertz CT molecular complexity index is 756. The van der Waals surface area contributed by atoms with E-state index in [1.807, 2.05) is 18.9 Å². The average Bonchev–Trinajstić information content (AvgIpc) is 3.14. The van der Waals surface area contributed by atoms with Crippen LogP contribution in [0.25, 0.3) is 0 Å². The van der Waals surface area contributed by atoms with E-state index < -0.39 is 0 Å². The zero-order valence-electron chi connectivity index (χ0n) is 23.7. The van der Waals surface area contributed by atoms with E-state index in [1.165, 1.54) is 77.0 Å². The summed E-state index contributed by atoms with van der Waals surface area (Å²) in [5, 5.41) is 0. The van der Waals surface area contributed by atoms with Crippen LogP contribution in [0.5, 0.6) is 0 Å². The van der Waals surface area contributed by atoms with Gasteiger partial charge in [-0.2, -0.15) is 0 Å². The van der Waals surface area contributed by atoms with Gasteiger partial charge in [-0.25, -0.2) is 0 Å². The molecular formula is C32H55NO. The average molecular weight is 470 g/mol. The summed E-state index contributed by atoms with van der Waals surface area (Å²) in [4.78, 5) is 14.6. The molecule has 4 aliphatic rings. The molecule has 0 aromatic heterocycles. The van der Waals surface area contributed by atoms with Crippen molar-refractivity contribution in [2.75, 3.05) is 7.05 Å². The third-order valence-electron chi connectivity index (χ3n) is 12.1. The van der Waals surface area contributed by atoms with Crippen molar-refractivity contribution in [3.8, 4) is 0 Å². The molecule has 4 saturated carbocycles. The maximum atomic E-state index is 12.6. The maximum absolute atomic E-state index is 12.6. The second-order valence-electron chi connectivity index (χ2n) is 14.3. The summed E-state index contributed by atoms with van der Waals surface area (Å²) in [6, 6.07) is 0.412. The van der Waals surface area contributed by atoms with Gasteiger partial charge in [-0.1, -0.05) is 60.5 Å². The third-order valence-corrected chi connectivity index (χ3v) is 12.1. The van der Waals surface area contributed by atoms with Gasteiger partial charge in [0.05, 0.1) is 0 Å². The molecule has 4 aliphatic carbocycles. The lowest BCUT2D eigenvalue weighted by atomic mass is 9.44. The Kier molecular flexibility index (Phi) is 7.67. The minimum atomic E-state index is 0.148. The van der Waals surface area contributed by atoms with Crippen molar-refractivity contribution >= 4 is 5.91 Å². The van der Waals surface area contributed by atoms with Crippen LogP contribution in [0.15, 0.2) is 12.2 Å². The first-order valence-corrected chi connectivity index (χ1v) is 14.9. The molecule has 0 heterocycles. The van der Waals surface area contributed by atoms with Gasteiger partial charge in [-0.15, -0.1) is 0 Å². The Hall–Kier alpha value is -0.790. The summed E-state index contributed by atoms with van der Waals surface area (Å²) in [5.74, 6) is 6.48. The zero-order chi connectivity index (χ0) is 24.8. The van der Waals surface area contributed by atoms with Gasteiger partial charge in [0.25, 0.3) is 0 Å². The van der Waals surface area contributed by atoms with Crippen LogP contribution in [0.3, 0.4) is 0 Å². The Labute approximate surface area is 211 Å².